The summed E-state index contributed by atoms with van der Waals surface area (Å²) in [6, 6.07) is 40.6. The molecule has 4 aromatic heterocycles. The van der Waals surface area contributed by atoms with Gasteiger partial charge in [-0.05, 0) is 78.6 Å². The van der Waals surface area contributed by atoms with Crippen LogP contribution in [-0.4, -0.2) is 9.55 Å². The minimum absolute atomic E-state index is 0.831. The molecule has 4 heteroatoms. The van der Waals surface area contributed by atoms with Crippen LogP contribution in [0.5, 0.6) is 0 Å². The Morgan fingerprint density at radius 1 is 0.512 bits per heavy atom. The number of furan rings is 2. The third-order valence-corrected chi connectivity index (χ3v) is 8.35. The van der Waals surface area contributed by atoms with Crippen molar-refractivity contribution in [2.24, 2.45) is 0 Å². The summed E-state index contributed by atoms with van der Waals surface area (Å²) in [6.45, 7) is 0. The Bertz CT molecular complexity index is 2390. The SMILES string of the molecule is c1cnc2c(c1)oc1ccc(CCc3ccc4oc5c(-n6c7ccccc7c7ccccc76)cccc5c4c3)cc12. The van der Waals surface area contributed by atoms with E-state index in [4.69, 9.17) is 8.83 Å². The molecule has 9 aromatic rings. The first kappa shape index (κ1) is 22.5. The standard InChI is InChI=1S/C37H24N2O2/c1-3-10-30-25(7-1)26-8-2-4-11-31(26)39(30)32-12-5-9-27-28-21-23(16-18-33(28)41-37(27)32)14-15-24-17-19-34-29(22-24)36-35(40-34)13-6-20-38-36/h1-13,16-22H,14-15H2. The van der Waals surface area contributed by atoms with Crippen molar-refractivity contribution >= 4 is 65.8 Å². The lowest BCUT2D eigenvalue weighted by atomic mass is 10.0. The van der Waals surface area contributed by atoms with Gasteiger partial charge in [0, 0.05) is 33.1 Å². The predicted octanol–water partition coefficient (Wildman–Crippen LogP) is 9.76. The number of fused-ring (bicyclic) bond motifs is 9. The minimum atomic E-state index is 0.831. The molecule has 0 saturated heterocycles. The number of aryl methyl sites for hydroxylation is 2. The highest BCUT2D eigenvalue weighted by Gasteiger charge is 2.17. The summed E-state index contributed by atoms with van der Waals surface area (Å²) in [5, 5.41) is 5.86. The molecule has 0 aliphatic carbocycles. The van der Waals surface area contributed by atoms with E-state index in [0.717, 1.165) is 62.5 Å². The van der Waals surface area contributed by atoms with Crippen LogP contribution in [0.1, 0.15) is 11.1 Å². The molecule has 0 amide bonds. The van der Waals surface area contributed by atoms with Gasteiger partial charge in [0.25, 0.3) is 0 Å². The van der Waals surface area contributed by atoms with Crippen molar-refractivity contribution in [3.63, 3.8) is 0 Å². The van der Waals surface area contributed by atoms with Gasteiger partial charge in [-0.25, -0.2) is 0 Å². The Morgan fingerprint density at radius 2 is 1.17 bits per heavy atom. The highest BCUT2D eigenvalue weighted by atomic mass is 16.3. The molecule has 0 aliphatic heterocycles. The summed E-state index contributed by atoms with van der Waals surface area (Å²) in [4.78, 5) is 4.54. The van der Waals surface area contributed by atoms with E-state index in [-0.39, 0.29) is 0 Å². The van der Waals surface area contributed by atoms with Crippen molar-refractivity contribution in [1.82, 2.24) is 9.55 Å². The topological polar surface area (TPSA) is 44.1 Å². The molecule has 0 saturated carbocycles. The van der Waals surface area contributed by atoms with E-state index in [2.05, 4.69) is 113 Å². The van der Waals surface area contributed by atoms with Crippen LogP contribution in [0.4, 0.5) is 0 Å². The molecule has 0 spiro atoms. The lowest BCUT2D eigenvalue weighted by Gasteiger charge is -2.08. The fraction of sp³-hybridized carbons (Fsp3) is 0.0541. The molecule has 0 radical (unpaired) electrons. The molecule has 194 valence electrons. The van der Waals surface area contributed by atoms with Crippen molar-refractivity contribution in [2.45, 2.75) is 12.8 Å². The van der Waals surface area contributed by atoms with Crippen molar-refractivity contribution in [2.75, 3.05) is 0 Å². The lowest BCUT2D eigenvalue weighted by Crippen LogP contribution is -1.94. The van der Waals surface area contributed by atoms with E-state index in [0.29, 0.717) is 0 Å². The lowest BCUT2D eigenvalue weighted by molar-refractivity contribution is 0.666. The van der Waals surface area contributed by atoms with Crippen LogP contribution in [-0.2, 0) is 12.8 Å². The van der Waals surface area contributed by atoms with Gasteiger partial charge in [0.2, 0.25) is 0 Å². The van der Waals surface area contributed by atoms with E-state index in [1.807, 2.05) is 18.3 Å². The first-order valence-electron chi connectivity index (χ1n) is 14.0. The highest BCUT2D eigenvalue weighted by molar-refractivity contribution is 6.12. The van der Waals surface area contributed by atoms with Crippen LogP contribution in [0.25, 0.3) is 71.5 Å². The van der Waals surface area contributed by atoms with E-state index in [1.54, 1.807) is 0 Å². The Labute approximate surface area is 235 Å². The van der Waals surface area contributed by atoms with Gasteiger partial charge in [0.05, 0.1) is 16.7 Å². The highest BCUT2D eigenvalue weighted by Crippen LogP contribution is 2.38. The molecule has 0 bridgehead atoms. The summed E-state index contributed by atoms with van der Waals surface area (Å²) in [6.07, 6.45) is 3.69. The Hall–Kier alpha value is -5.35. The van der Waals surface area contributed by atoms with Crippen LogP contribution in [0, 0.1) is 0 Å². The van der Waals surface area contributed by atoms with Crippen molar-refractivity contribution in [1.29, 1.82) is 0 Å². The van der Waals surface area contributed by atoms with Gasteiger partial charge in [-0.3, -0.25) is 4.98 Å². The number of hydrogen-bond donors (Lipinski definition) is 0. The third kappa shape index (κ3) is 3.37. The second kappa shape index (κ2) is 8.57. The summed E-state index contributed by atoms with van der Waals surface area (Å²) >= 11 is 0. The number of hydrogen-bond acceptors (Lipinski definition) is 3. The summed E-state index contributed by atoms with van der Waals surface area (Å²) in [5.74, 6) is 0. The number of benzene rings is 5. The van der Waals surface area contributed by atoms with Crippen molar-refractivity contribution in [3.05, 3.63) is 133 Å². The molecule has 0 N–H and O–H groups in total. The molecule has 0 unspecified atom stereocenters. The van der Waals surface area contributed by atoms with Crippen molar-refractivity contribution < 1.29 is 8.83 Å². The molecule has 0 atom stereocenters. The number of aromatic nitrogens is 2. The van der Waals surface area contributed by atoms with E-state index >= 15 is 0 Å². The van der Waals surface area contributed by atoms with Gasteiger partial charge in [-0.2, -0.15) is 0 Å². The maximum Gasteiger partial charge on any atom is 0.159 e. The molecule has 5 aromatic carbocycles. The monoisotopic (exact) mass is 528 g/mol. The van der Waals surface area contributed by atoms with E-state index in [9.17, 15) is 0 Å². The molecule has 0 fully saturated rings. The van der Waals surface area contributed by atoms with Crippen LogP contribution >= 0.6 is 0 Å². The van der Waals surface area contributed by atoms with E-state index in [1.165, 1.54) is 32.9 Å². The molecular formula is C37H24N2O2. The average Bonchev–Trinajstić information content (AvgIpc) is 3.69. The van der Waals surface area contributed by atoms with Gasteiger partial charge in [0.15, 0.2) is 11.2 Å². The Kier molecular flexibility index (Phi) is 4.70. The summed E-state index contributed by atoms with van der Waals surface area (Å²) in [5.41, 5.74) is 10.5. The normalized spacial score (nSPS) is 12.1. The Balaban J connectivity index is 1.12. The quantitative estimate of drug-likeness (QED) is 0.228. The fourth-order valence-electron chi connectivity index (χ4n) is 6.43. The summed E-state index contributed by atoms with van der Waals surface area (Å²) in [7, 11) is 0. The number of para-hydroxylation sites is 3. The Morgan fingerprint density at radius 3 is 1.93 bits per heavy atom. The number of nitrogens with zero attached hydrogens (tertiary/aromatic N) is 2. The zero-order chi connectivity index (χ0) is 26.9. The first-order chi connectivity index (χ1) is 20.3. The second-order valence-corrected chi connectivity index (χ2v) is 10.7. The summed E-state index contributed by atoms with van der Waals surface area (Å²) < 4.78 is 14.9. The van der Waals surface area contributed by atoms with Gasteiger partial charge in [0.1, 0.15) is 16.7 Å². The zero-order valence-corrected chi connectivity index (χ0v) is 22.2. The maximum atomic E-state index is 6.57. The van der Waals surface area contributed by atoms with Crippen LogP contribution < -0.4 is 0 Å². The molecule has 4 nitrogen and oxygen atoms in total. The predicted molar refractivity (Wildman–Crippen MR) is 167 cm³/mol. The molecule has 4 heterocycles. The average molecular weight is 529 g/mol. The van der Waals surface area contributed by atoms with Gasteiger partial charge in [-0.15, -0.1) is 0 Å². The van der Waals surface area contributed by atoms with Gasteiger partial charge >= 0.3 is 0 Å². The third-order valence-electron chi connectivity index (χ3n) is 8.35. The molecule has 9 rings (SSSR count). The van der Waals surface area contributed by atoms with Crippen LogP contribution in [0.3, 0.4) is 0 Å². The minimum Gasteiger partial charge on any atom is -0.454 e. The molecule has 0 aliphatic rings. The molecule has 41 heavy (non-hydrogen) atoms. The largest absolute Gasteiger partial charge is 0.454 e. The van der Waals surface area contributed by atoms with Gasteiger partial charge < -0.3 is 13.4 Å². The smallest absolute Gasteiger partial charge is 0.159 e. The zero-order valence-electron chi connectivity index (χ0n) is 22.2. The number of rotatable bonds is 4. The van der Waals surface area contributed by atoms with Crippen LogP contribution in [0.15, 0.2) is 130 Å². The maximum absolute atomic E-state index is 6.57. The number of pyridine rings is 1. The van der Waals surface area contributed by atoms with Gasteiger partial charge in [-0.1, -0.05) is 60.7 Å². The van der Waals surface area contributed by atoms with E-state index < -0.39 is 0 Å². The van der Waals surface area contributed by atoms with Crippen LogP contribution in [0.2, 0.25) is 0 Å². The fourth-order valence-corrected chi connectivity index (χ4v) is 6.43. The second-order valence-electron chi connectivity index (χ2n) is 10.7. The first-order valence-corrected chi connectivity index (χ1v) is 14.0. The molecular weight excluding hydrogens is 504 g/mol. The van der Waals surface area contributed by atoms with Crippen molar-refractivity contribution in [3.8, 4) is 5.69 Å².